The van der Waals surface area contributed by atoms with Crippen molar-refractivity contribution in [2.75, 3.05) is 7.05 Å². The van der Waals surface area contributed by atoms with Gasteiger partial charge in [0.05, 0.1) is 16.2 Å². The molecule has 0 aliphatic rings. The fourth-order valence-corrected chi connectivity index (χ4v) is 1.96. The summed E-state index contributed by atoms with van der Waals surface area (Å²) in [5.74, 6) is 0. The zero-order valence-electron chi connectivity index (χ0n) is 8.43. The smallest absolute Gasteiger partial charge is 0.0795 e. The second-order valence-electron chi connectivity index (χ2n) is 3.41. The predicted octanol–water partition coefficient (Wildman–Crippen LogP) is 1.64. The fraction of sp³-hybridized carbons (Fsp3) is 0.556. The van der Waals surface area contributed by atoms with E-state index in [2.05, 4.69) is 29.2 Å². The highest BCUT2D eigenvalue weighted by atomic mass is 32.1. The Morgan fingerprint density at radius 1 is 1.79 bits per heavy atom. The van der Waals surface area contributed by atoms with Crippen molar-refractivity contribution < 1.29 is 0 Å². The van der Waals surface area contributed by atoms with Crippen molar-refractivity contribution in [2.45, 2.75) is 25.9 Å². The third-order valence-electron chi connectivity index (χ3n) is 2.14. The number of thiocarbonyl (C=S) groups is 1. The minimum absolute atomic E-state index is 0.370. The molecule has 1 rings (SSSR count). The molecule has 0 saturated heterocycles. The first-order chi connectivity index (χ1) is 6.59. The van der Waals surface area contributed by atoms with Crippen molar-refractivity contribution in [2.24, 2.45) is 5.73 Å². The summed E-state index contributed by atoms with van der Waals surface area (Å²) in [6, 6.07) is 0.370. The van der Waals surface area contributed by atoms with Gasteiger partial charge in [0.2, 0.25) is 0 Å². The van der Waals surface area contributed by atoms with Crippen molar-refractivity contribution in [3.05, 3.63) is 16.6 Å². The number of hydrogen-bond donors (Lipinski definition) is 1. The highest BCUT2D eigenvalue weighted by Crippen LogP contribution is 2.08. The lowest BCUT2D eigenvalue weighted by atomic mass is 10.2. The highest BCUT2D eigenvalue weighted by molar-refractivity contribution is 7.80. The lowest BCUT2D eigenvalue weighted by Gasteiger charge is -2.23. The van der Waals surface area contributed by atoms with Gasteiger partial charge in [-0.2, -0.15) is 0 Å². The van der Waals surface area contributed by atoms with Crippen LogP contribution in [-0.2, 0) is 6.54 Å². The average molecular weight is 229 g/mol. The monoisotopic (exact) mass is 229 g/mol. The van der Waals surface area contributed by atoms with E-state index in [1.807, 2.05) is 5.51 Å². The summed E-state index contributed by atoms with van der Waals surface area (Å²) in [7, 11) is 2.06. The lowest BCUT2D eigenvalue weighted by Crippen LogP contribution is -2.32. The number of hydrogen-bond acceptors (Lipinski definition) is 4. The molecule has 14 heavy (non-hydrogen) atoms. The number of rotatable bonds is 5. The van der Waals surface area contributed by atoms with E-state index < -0.39 is 0 Å². The molecule has 2 N–H and O–H groups in total. The molecule has 78 valence electrons. The van der Waals surface area contributed by atoms with Gasteiger partial charge >= 0.3 is 0 Å². The summed E-state index contributed by atoms with van der Waals surface area (Å²) >= 11 is 6.50. The average Bonchev–Trinajstić information content (AvgIpc) is 2.55. The van der Waals surface area contributed by atoms with E-state index in [4.69, 9.17) is 18.0 Å². The highest BCUT2D eigenvalue weighted by Gasteiger charge is 2.11. The molecule has 0 amide bonds. The maximum atomic E-state index is 5.50. The third-order valence-corrected chi connectivity index (χ3v) is 2.95. The topological polar surface area (TPSA) is 42.1 Å². The molecule has 0 spiro atoms. The van der Waals surface area contributed by atoms with E-state index >= 15 is 0 Å². The molecule has 1 atom stereocenters. The summed E-state index contributed by atoms with van der Waals surface area (Å²) < 4.78 is 0. The van der Waals surface area contributed by atoms with Crippen molar-refractivity contribution in [1.82, 2.24) is 9.88 Å². The van der Waals surface area contributed by atoms with Gasteiger partial charge in [-0.05, 0) is 14.0 Å². The molecular weight excluding hydrogens is 214 g/mol. The van der Waals surface area contributed by atoms with E-state index in [9.17, 15) is 0 Å². The van der Waals surface area contributed by atoms with Crippen LogP contribution in [0.2, 0.25) is 0 Å². The first-order valence-corrected chi connectivity index (χ1v) is 5.80. The van der Waals surface area contributed by atoms with E-state index in [1.54, 1.807) is 11.3 Å². The maximum Gasteiger partial charge on any atom is 0.0795 e. The first-order valence-electron chi connectivity index (χ1n) is 4.45. The Morgan fingerprint density at radius 2 is 2.50 bits per heavy atom. The quantitative estimate of drug-likeness (QED) is 0.779. The molecule has 1 heterocycles. The number of aromatic nitrogens is 1. The molecule has 5 heteroatoms. The van der Waals surface area contributed by atoms with Crippen molar-refractivity contribution in [1.29, 1.82) is 0 Å². The Hall–Kier alpha value is -0.520. The van der Waals surface area contributed by atoms with Gasteiger partial charge in [0.1, 0.15) is 0 Å². The molecule has 0 radical (unpaired) electrons. The molecule has 0 aromatic carbocycles. The molecular formula is C9H15N3S2. The van der Waals surface area contributed by atoms with Crippen LogP contribution in [0.4, 0.5) is 0 Å². The van der Waals surface area contributed by atoms with Crippen LogP contribution in [0.25, 0.3) is 0 Å². The summed E-state index contributed by atoms with van der Waals surface area (Å²) in [6.07, 6.45) is 0.760. The molecule has 0 aliphatic carbocycles. The molecule has 1 aromatic heterocycles. The minimum atomic E-state index is 0.370. The minimum Gasteiger partial charge on any atom is -0.393 e. The lowest BCUT2D eigenvalue weighted by molar-refractivity contribution is 0.253. The fourth-order valence-electron chi connectivity index (χ4n) is 1.17. The number of nitrogens with two attached hydrogens (primary N) is 1. The van der Waals surface area contributed by atoms with Gasteiger partial charge in [0, 0.05) is 24.4 Å². The van der Waals surface area contributed by atoms with Crippen LogP contribution >= 0.6 is 23.6 Å². The predicted molar refractivity (Wildman–Crippen MR) is 64.4 cm³/mol. The maximum absolute atomic E-state index is 5.50. The summed E-state index contributed by atoms with van der Waals surface area (Å²) in [5, 5.41) is 2.06. The van der Waals surface area contributed by atoms with Crippen LogP contribution in [0.3, 0.4) is 0 Å². The molecule has 1 aromatic rings. The largest absolute Gasteiger partial charge is 0.393 e. The van der Waals surface area contributed by atoms with E-state index in [1.165, 1.54) is 0 Å². The SMILES string of the molecule is CC(CC(N)=S)N(C)Cc1cscn1. The summed E-state index contributed by atoms with van der Waals surface area (Å²) in [5.41, 5.74) is 8.45. The second-order valence-corrected chi connectivity index (χ2v) is 4.66. The Morgan fingerprint density at radius 3 is 3.00 bits per heavy atom. The Kier molecular flexibility index (Phi) is 4.44. The van der Waals surface area contributed by atoms with Gasteiger partial charge in [-0.25, -0.2) is 4.98 Å². The van der Waals surface area contributed by atoms with Crippen LogP contribution in [-0.4, -0.2) is 28.0 Å². The molecule has 3 nitrogen and oxygen atoms in total. The Balaban J connectivity index is 2.41. The standard InChI is InChI=1S/C9H15N3S2/c1-7(3-9(10)13)12(2)4-8-5-14-6-11-8/h5-7H,3-4H2,1-2H3,(H2,10,13). The van der Waals surface area contributed by atoms with Crippen LogP contribution in [0.15, 0.2) is 10.9 Å². The van der Waals surface area contributed by atoms with Crippen LogP contribution in [0.1, 0.15) is 19.0 Å². The second kappa shape index (κ2) is 5.38. The van der Waals surface area contributed by atoms with Crippen molar-refractivity contribution in [3.8, 4) is 0 Å². The molecule has 0 aliphatic heterocycles. The number of nitrogens with zero attached hydrogens (tertiary/aromatic N) is 2. The summed E-state index contributed by atoms with van der Waals surface area (Å²) in [4.78, 5) is 7.00. The zero-order chi connectivity index (χ0) is 10.6. The van der Waals surface area contributed by atoms with Gasteiger partial charge < -0.3 is 5.73 Å². The molecule has 0 bridgehead atoms. The first kappa shape index (κ1) is 11.6. The van der Waals surface area contributed by atoms with Gasteiger partial charge in [-0.1, -0.05) is 12.2 Å². The third kappa shape index (κ3) is 3.69. The normalized spacial score (nSPS) is 13.1. The van der Waals surface area contributed by atoms with E-state index in [0.717, 1.165) is 18.7 Å². The van der Waals surface area contributed by atoms with Gasteiger partial charge in [0.15, 0.2) is 0 Å². The van der Waals surface area contributed by atoms with Crippen LogP contribution in [0.5, 0.6) is 0 Å². The Labute approximate surface area is 93.9 Å². The molecule has 0 fully saturated rings. The molecule has 1 unspecified atom stereocenters. The number of thiazole rings is 1. The van der Waals surface area contributed by atoms with E-state index in [-0.39, 0.29) is 0 Å². The molecule has 0 saturated carbocycles. The van der Waals surface area contributed by atoms with Crippen molar-refractivity contribution >= 4 is 28.5 Å². The zero-order valence-corrected chi connectivity index (χ0v) is 10.1. The van der Waals surface area contributed by atoms with Crippen LogP contribution in [0, 0.1) is 0 Å². The van der Waals surface area contributed by atoms with E-state index in [0.29, 0.717) is 11.0 Å². The van der Waals surface area contributed by atoms with Gasteiger partial charge in [-0.15, -0.1) is 11.3 Å². The van der Waals surface area contributed by atoms with Gasteiger partial charge in [0.25, 0.3) is 0 Å². The van der Waals surface area contributed by atoms with Crippen LogP contribution < -0.4 is 5.73 Å². The summed E-state index contributed by atoms with van der Waals surface area (Å²) in [6.45, 7) is 2.97. The van der Waals surface area contributed by atoms with Gasteiger partial charge in [-0.3, -0.25) is 4.90 Å². The Bertz CT molecular complexity index is 284. The van der Waals surface area contributed by atoms with Crippen molar-refractivity contribution in [3.63, 3.8) is 0 Å².